The zero-order valence-corrected chi connectivity index (χ0v) is 11.7. The quantitative estimate of drug-likeness (QED) is 0.767. The number of carbonyl (C=O) groups is 1. The van der Waals surface area contributed by atoms with Crippen molar-refractivity contribution in [3.8, 4) is 0 Å². The van der Waals surface area contributed by atoms with Crippen LogP contribution in [0.5, 0.6) is 0 Å². The molecule has 0 spiro atoms. The van der Waals surface area contributed by atoms with Gasteiger partial charge in [0.25, 0.3) is 11.5 Å². The van der Waals surface area contributed by atoms with Gasteiger partial charge in [-0.05, 0) is 46.9 Å². The highest BCUT2D eigenvalue weighted by Crippen LogP contribution is 2.10. The number of halogens is 2. The molecule has 1 heterocycles. The summed E-state index contributed by atoms with van der Waals surface area (Å²) in [5.74, 6) is -0.522. The summed E-state index contributed by atoms with van der Waals surface area (Å²) in [7, 11) is 0. The highest BCUT2D eigenvalue weighted by molar-refractivity contribution is 14.1. The predicted octanol–water partition coefficient (Wildman–Crippen LogP) is 1.48. The van der Waals surface area contributed by atoms with Gasteiger partial charge in [-0.3, -0.25) is 14.6 Å². The van der Waals surface area contributed by atoms with Crippen molar-refractivity contribution in [2.75, 3.05) is 0 Å². The molecule has 0 atom stereocenters. The van der Waals surface area contributed by atoms with Crippen molar-refractivity contribution in [1.29, 1.82) is 0 Å². The molecule has 0 saturated carbocycles. The summed E-state index contributed by atoms with van der Waals surface area (Å²) in [6, 6.07) is 6.12. The predicted molar refractivity (Wildman–Crippen MR) is 75.2 cm³/mol. The molecule has 5 nitrogen and oxygen atoms in total. The molecule has 1 aromatic carbocycles. The third-order valence-electron chi connectivity index (χ3n) is 2.21. The summed E-state index contributed by atoms with van der Waals surface area (Å²) < 4.78 is 1.11. The highest BCUT2D eigenvalue weighted by Gasteiger charge is 2.12. The Morgan fingerprint density at radius 1 is 1.22 bits per heavy atom. The number of rotatable bonds is 1. The topological polar surface area (TPSA) is 71.9 Å². The van der Waals surface area contributed by atoms with E-state index in [0.717, 1.165) is 4.57 Å². The first-order valence-electron chi connectivity index (χ1n) is 4.81. The fraction of sp³-hybridized carbons (Fsp3) is 0. The molecule has 2 rings (SSSR count). The van der Waals surface area contributed by atoms with E-state index in [1.54, 1.807) is 34.7 Å². The van der Waals surface area contributed by atoms with Crippen LogP contribution in [0.25, 0.3) is 0 Å². The van der Waals surface area contributed by atoms with Crippen molar-refractivity contribution < 1.29 is 4.79 Å². The van der Waals surface area contributed by atoms with Gasteiger partial charge < -0.3 is 0 Å². The number of aromatic nitrogens is 2. The van der Waals surface area contributed by atoms with Gasteiger partial charge in [0.15, 0.2) is 0 Å². The third kappa shape index (κ3) is 2.54. The first-order chi connectivity index (χ1) is 8.49. The molecule has 0 radical (unpaired) electrons. The van der Waals surface area contributed by atoms with Crippen LogP contribution in [0.15, 0.2) is 40.1 Å². The fourth-order valence-electron chi connectivity index (χ4n) is 1.33. The lowest BCUT2D eigenvalue weighted by molar-refractivity contribution is 0.0954. The van der Waals surface area contributed by atoms with Gasteiger partial charge in [0, 0.05) is 16.8 Å². The average molecular weight is 377 g/mol. The van der Waals surface area contributed by atoms with E-state index in [4.69, 9.17) is 11.6 Å². The second-order valence-corrected chi connectivity index (χ2v) is 5.02. The minimum atomic E-state index is -0.764. The summed E-state index contributed by atoms with van der Waals surface area (Å²) in [6.45, 7) is 0. The van der Waals surface area contributed by atoms with Crippen LogP contribution < -0.4 is 11.2 Å². The first-order valence-corrected chi connectivity index (χ1v) is 6.26. The number of nitrogens with one attached hydrogen (secondary N) is 1. The number of hydrogen-bond acceptors (Lipinski definition) is 3. The zero-order valence-electron chi connectivity index (χ0n) is 8.81. The maximum absolute atomic E-state index is 12.0. The molecule has 0 fully saturated rings. The summed E-state index contributed by atoms with van der Waals surface area (Å²) in [4.78, 5) is 36.8. The summed E-state index contributed by atoms with van der Waals surface area (Å²) in [5, 5.41) is 0.495. The van der Waals surface area contributed by atoms with Gasteiger partial charge in [0.1, 0.15) is 0 Å². The van der Waals surface area contributed by atoms with Gasteiger partial charge in [-0.1, -0.05) is 11.6 Å². The fourth-order valence-corrected chi connectivity index (χ4v) is 1.87. The zero-order chi connectivity index (χ0) is 13.3. The molecule has 0 unspecified atom stereocenters. The molecule has 1 aromatic heterocycles. The highest BCUT2D eigenvalue weighted by atomic mass is 127. The van der Waals surface area contributed by atoms with Crippen LogP contribution in [0.1, 0.15) is 10.4 Å². The summed E-state index contributed by atoms with van der Waals surface area (Å²) in [5.41, 5.74) is -0.967. The van der Waals surface area contributed by atoms with E-state index in [9.17, 15) is 14.4 Å². The average Bonchev–Trinajstić information content (AvgIpc) is 2.34. The Labute approximate surface area is 120 Å². The lowest BCUT2D eigenvalue weighted by Gasteiger charge is -2.04. The van der Waals surface area contributed by atoms with E-state index in [0.29, 0.717) is 10.6 Å². The Kier molecular flexibility index (Phi) is 3.67. The summed E-state index contributed by atoms with van der Waals surface area (Å²) in [6.07, 6.45) is 1.21. The van der Waals surface area contributed by atoms with Crippen molar-refractivity contribution >= 4 is 40.1 Å². The van der Waals surface area contributed by atoms with Crippen LogP contribution in [0.3, 0.4) is 0 Å². The molecule has 18 heavy (non-hydrogen) atoms. The van der Waals surface area contributed by atoms with Crippen molar-refractivity contribution in [1.82, 2.24) is 9.55 Å². The van der Waals surface area contributed by atoms with E-state index >= 15 is 0 Å². The maximum atomic E-state index is 12.0. The lowest BCUT2D eigenvalue weighted by Crippen LogP contribution is -2.35. The van der Waals surface area contributed by atoms with Crippen molar-refractivity contribution in [3.63, 3.8) is 0 Å². The molecular weight excluding hydrogens is 370 g/mol. The van der Waals surface area contributed by atoms with Gasteiger partial charge >= 0.3 is 5.69 Å². The van der Waals surface area contributed by atoms with Crippen LogP contribution in [0.2, 0.25) is 5.02 Å². The minimum Gasteiger partial charge on any atom is -0.273 e. The molecule has 0 amide bonds. The normalized spacial score (nSPS) is 10.3. The third-order valence-corrected chi connectivity index (χ3v) is 3.23. The van der Waals surface area contributed by atoms with E-state index in [2.05, 4.69) is 4.98 Å². The Morgan fingerprint density at radius 2 is 1.83 bits per heavy atom. The van der Waals surface area contributed by atoms with Gasteiger partial charge in [0.2, 0.25) is 0 Å². The standard InChI is InChI=1S/C11H6ClIN2O3/c12-7-3-1-6(2-4-7)10(17)15-5-8(13)9(16)14-11(15)18/h1-5H,(H,14,16,18). The van der Waals surface area contributed by atoms with Gasteiger partial charge in [-0.2, -0.15) is 0 Å². The number of carbonyl (C=O) groups excluding carboxylic acids is 1. The molecule has 92 valence electrons. The van der Waals surface area contributed by atoms with E-state index in [1.165, 1.54) is 18.3 Å². The number of hydrogen-bond donors (Lipinski definition) is 1. The molecular formula is C11H6ClIN2O3. The second-order valence-electron chi connectivity index (χ2n) is 3.42. The molecule has 0 aliphatic carbocycles. The van der Waals surface area contributed by atoms with Crippen molar-refractivity contribution in [3.05, 3.63) is 65.5 Å². The Bertz CT molecular complexity index is 718. The van der Waals surface area contributed by atoms with Crippen LogP contribution in [0.4, 0.5) is 0 Å². The van der Waals surface area contributed by atoms with Crippen LogP contribution >= 0.6 is 34.2 Å². The van der Waals surface area contributed by atoms with Crippen LogP contribution in [-0.4, -0.2) is 15.5 Å². The minimum absolute atomic E-state index is 0.259. The lowest BCUT2D eigenvalue weighted by atomic mass is 10.2. The summed E-state index contributed by atoms with van der Waals surface area (Å²) >= 11 is 7.46. The number of benzene rings is 1. The number of nitrogens with zero attached hydrogens (tertiary/aromatic N) is 1. The molecule has 0 saturated heterocycles. The number of aromatic amines is 1. The molecule has 7 heteroatoms. The van der Waals surface area contributed by atoms with Crippen LogP contribution in [-0.2, 0) is 0 Å². The van der Waals surface area contributed by atoms with Gasteiger partial charge in [0.05, 0.1) is 3.57 Å². The number of H-pyrrole nitrogens is 1. The molecule has 0 bridgehead atoms. The smallest absolute Gasteiger partial charge is 0.273 e. The van der Waals surface area contributed by atoms with Crippen molar-refractivity contribution in [2.24, 2.45) is 0 Å². The Morgan fingerprint density at radius 3 is 2.44 bits per heavy atom. The SMILES string of the molecule is O=C(c1ccc(Cl)cc1)n1cc(I)c(=O)[nH]c1=O. The Balaban J connectivity index is 2.53. The molecule has 0 aliphatic rings. The molecule has 1 N–H and O–H groups in total. The van der Waals surface area contributed by atoms with Crippen molar-refractivity contribution in [2.45, 2.75) is 0 Å². The van der Waals surface area contributed by atoms with Gasteiger partial charge in [-0.15, -0.1) is 0 Å². The van der Waals surface area contributed by atoms with Gasteiger partial charge in [-0.25, -0.2) is 9.36 Å². The maximum Gasteiger partial charge on any atom is 0.335 e. The molecule has 2 aromatic rings. The second kappa shape index (κ2) is 5.07. The van der Waals surface area contributed by atoms with E-state index < -0.39 is 17.2 Å². The molecule has 0 aliphatic heterocycles. The Hall–Kier alpha value is -1.41. The van der Waals surface area contributed by atoms with Crippen LogP contribution in [0, 0.1) is 3.57 Å². The largest absolute Gasteiger partial charge is 0.335 e. The monoisotopic (exact) mass is 376 g/mol. The first kappa shape index (κ1) is 13.0. The van der Waals surface area contributed by atoms with E-state index in [1.807, 2.05) is 0 Å². The van der Waals surface area contributed by atoms with E-state index in [-0.39, 0.29) is 3.57 Å².